The predicted molar refractivity (Wildman–Crippen MR) is 125 cm³/mol. The molecule has 2 heterocycles. The van der Waals surface area contributed by atoms with Crippen LogP contribution in [-0.2, 0) is 14.3 Å². The molecular weight excluding hydrogens is 426 g/mol. The molecule has 0 spiro atoms. The minimum Gasteiger partial charge on any atom is -0.497 e. The number of rotatable bonds is 6. The second-order valence-corrected chi connectivity index (χ2v) is 9.08. The SMILES string of the molecule is COC(=O)C1=C(C)N=C2SC=C(CC(=O)NC3CCCCC3)N2[C@@H]1c1cccc(OC)c1. The molecule has 1 aromatic rings. The Bertz CT molecular complexity index is 995. The Morgan fingerprint density at radius 2 is 2.00 bits per heavy atom. The molecule has 1 aliphatic carbocycles. The van der Waals surface area contributed by atoms with Gasteiger partial charge in [0.05, 0.1) is 38.0 Å². The summed E-state index contributed by atoms with van der Waals surface area (Å²) in [6.45, 7) is 1.82. The van der Waals surface area contributed by atoms with Gasteiger partial charge in [0.25, 0.3) is 0 Å². The van der Waals surface area contributed by atoms with E-state index in [2.05, 4.69) is 10.3 Å². The highest BCUT2D eigenvalue weighted by molar-refractivity contribution is 8.16. The number of esters is 1. The Labute approximate surface area is 192 Å². The number of nitrogens with zero attached hydrogens (tertiary/aromatic N) is 2. The summed E-state index contributed by atoms with van der Waals surface area (Å²) in [5, 5.41) is 5.90. The molecule has 1 saturated carbocycles. The summed E-state index contributed by atoms with van der Waals surface area (Å²) in [4.78, 5) is 32.3. The zero-order valence-corrected chi connectivity index (χ0v) is 19.5. The molecule has 1 atom stereocenters. The second kappa shape index (κ2) is 9.81. The van der Waals surface area contributed by atoms with Crippen LogP contribution in [0.4, 0.5) is 0 Å². The van der Waals surface area contributed by atoms with Gasteiger partial charge in [-0.3, -0.25) is 4.79 Å². The molecule has 4 rings (SSSR count). The monoisotopic (exact) mass is 455 g/mol. The van der Waals surface area contributed by atoms with Crippen LogP contribution in [0.1, 0.15) is 57.1 Å². The largest absolute Gasteiger partial charge is 0.497 e. The number of benzene rings is 1. The van der Waals surface area contributed by atoms with Crippen molar-refractivity contribution in [2.75, 3.05) is 14.2 Å². The van der Waals surface area contributed by atoms with Crippen molar-refractivity contribution in [3.05, 3.63) is 52.2 Å². The number of nitrogens with one attached hydrogen (secondary N) is 1. The third-order valence-corrected chi connectivity index (χ3v) is 7.02. The minimum atomic E-state index is -0.450. The van der Waals surface area contributed by atoms with Crippen molar-refractivity contribution in [2.45, 2.75) is 57.5 Å². The fourth-order valence-electron chi connectivity index (χ4n) is 4.56. The van der Waals surface area contributed by atoms with Crippen molar-refractivity contribution in [1.29, 1.82) is 0 Å². The van der Waals surface area contributed by atoms with Gasteiger partial charge in [0, 0.05) is 11.7 Å². The van der Waals surface area contributed by atoms with Crippen molar-refractivity contribution < 1.29 is 19.1 Å². The molecule has 3 aliphatic rings. The lowest BCUT2D eigenvalue weighted by atomic mass is 9.93. The van der Waals surface area contributed by atoms with Crippen molar-refractivity contribution in [3.8, 4) is 5.75 Å². The van der Waals surface area contributed by atoms with Crippen molar-refractivity contribution in [3.63, 3.8) is 0 Å². The number of amidine groups is 1. The topological polar surface area (TPSA) is 80.2 Å². The lowest BCUT2D eigenvalue weighted by Crippen LogP contribution is -2.40. The van der Waals surface area contributed by atoms with E-state index in [1.54, 1.807) is 7.11 Å². The first-order chi connectivity index (χ1) is 15.5. The maximum atomic E-state index is 12.9. The summed E-state index contributed by atoms with van der Waals surface area (Å²) in [6.07, 6.45) is 5.88. The van der Waals surface area contributed by atoms with E-state index in [9.17, 15) is 9.59 Å². The molecule has 8 heteroatoms. The minimum absolute atomic E-state index is 0.000264. The number of ether oxygens (including phenoxy) is 2. The third kappa shape index (κ3) is 4.55. The summed E-state index contributed by atoms with van der Waals surface area (Å²) in [7, 11) is 2.99. The number of amides is 1. The zero-order valence-electron chi connectivity index (χ0n) is 18.7. The van der Waals surface area contributed by atoms with Crippen LogP contribution in [0.25, 0.3) is 0 Å². The number of fused-ring (bicyclic) bond motifs is 1. The lowest BCUT2D eigenvalue weighted by molar-refractivity contribution is -0.136. The average molecular weight is 456 g/mol. The number of hydrogen-bond donors (Lipinski definition) is 1. The highest BCUT2D eigenvalue weighted by Crippen LogP contribution is 2.45. The van der Waals surface area contributed by atoms with Gasteiger partial charge in [0.15, 0.2) is 5.17 Å². The van der Waals surface area contributed by atoms with Crippen LogP contribution < -0.4 is 10.1 Å². The fourth-order valence-corrected chi connectivity index (χ4v) is 5.52. The first-order valence-electron chi connectivity index (χ1n) is 11.0. The van der Waals surface area contributed by atoms with Crippen LogP contribution in [0, 0.1) is 0 Å². The quantitative estimate of drug-likeness (QED) is 0.645. The van der Waals surface area contributed by atoms with E-state index in [0.717, 1.165) is 42.1 Å². The smallest absolute Gasteiger partial charge is 0.338 e. The van der Waals surface area contributed by atoms with Gasteiger partial charge in [-0.15, -0.1) is 0 Å². The van der Waals surface area contributed by atoms with Crippen molar-refractivity contribution in [2.24, 2.45) is 4.99 Å². The molecule has 1 aromatic carbocycles. The number of aliphatic imine (C=N–C) groups is 1. The second-order valence-electron chi connectivity index (χ2n) is 8.24. The third-order valence-electron chi connectivity index (χ3n) is 6.13. The number of carbonyl (C=O) groups excluding carboxylic acids is 2. The van der Waals surface area contributed by atoms with E-state index < -0.39 is 12.0 Å². The standard InChI is InChI=1S/C24H29N3O4S/c1-15-21(23(29)31-3)22(16-8-7-11-19(12-16)30-2)27-18(14-32-24(27)25-15)13-20(28)26-17-9-5-4-6-10-17/h7-8,11-12,14,17,22H,4-6,9-10,13H2,1-3H3,(H,26,28)/t22-/m1/s1. The van der Waals surface area contributed by atoms with Gasteiger partial charge in [0.2, 0.25) is 5.91 Å². The molecule has 7 nitrogen and oxygen atoms in total. The van der Waals surface area contributed by atoms with Gasteiger partial charge in [-0.05, 0) is 42.9 Å². The van der Waals surface area contributed by atoms with Crippen LogP contribution >= 0.6 is 11.8 Å². The lowest BCUT2D eigenvalue weighted by Gasteiger charge is -2.36. The fraction of sp³-hybridized carbons (Fsp3) is 0.458. The molecule has 0 saturated heterocycles. The average Bonchev–Trinajstić information content (AvgIpc) is 3.20. The number of hydrogen-bond acceptors (Lipinski definition) is 7. The Morgan fingerprint density at radius 1 is 1.22 bits per heavy atom. The Kier molecular flexibility index (Phi) is 6.89. The van der Waals surface area contributed by atoms with Crippen LogP contribution in [0.5, 0.6) is 5.75 Å². The van der Waals surface area contributed by atoms with E-state index >= 15 is 0 Å². The highest BCUT2D eigenvalue weighted by Gasteiger charge is 2.41. The van der Waals surface area contributed by atoms with E-state index in [4.69, 9.17) is 9.47 Å². The Morgan fingerprint density at radius 3 is 2.72 bits per heavy atom. The first-order valence-corrected chi connectivity index (χ1v) is 11.9. The molecule has 0 bridgehead atoms. The Hall–Kier alpha value is -2.74. The summed E-state index contributed by atoms with van der Waals surface area (Å²) in [5.41, 5.74) is 2.77. The molecule has 2 aliphatic heterocycles. The highest BCUT2D eigenvalue weighted by atomic mass is 32.2. The van der Waals surface area contributed by atoms with Crippen molar-refractivity contribution in [1.82, 2.24) is 10.2 Å². The zero-order chi connectivity index (χ0) is 22.7. The maximum Gasteiger partial charge on any atom is 0.338 e. The molecule has 32 heavy (non-hydrogen) atoms. The molecule has 0 unspecified atom stereocenters. The van der Waals surface area contributed by atoms with Crippen LogP contribution in [0.3, 0.4) is 0 Å². The van der Waals surface area contributed by atoms with E-state index in [0.29, 0.717) is 17.0 Å². The first kappa shape index (κ1) is 22.5. The molecule has 1 amide bonds. The van der Waals surface area contributed by atoms with Gasteiger partial charge < -0.3 is 19.7 Å². The number of allylic oxidation sites excluding steroid dienone is 1. The number of carbonyl (C=O) groups is 2. The van der Waals surface area contributed by atoms with Crippen molar-refractivity contribution >= 4 is 28.8 Å². The van der Waals surface area contributed by atoms with E-state index in [1.165, 1.54) is 25.3 Å². The molecule has 0 aromatic heterocycles. The van der Waals surface area contributed by atoms with Gasteiger partial charge in [-0.2, -0.15) is 0 Å². The van der Waals surface area contributed by atoms with E-state index in [-0.39, 0.29) is 18.4 Å². The normalized spacial score (nSPS) is 21.0. The molecule has 0 radical (unpaired) electrons. The van der Waals surface area contributed by atoms with Crippen LogP contribution in [-0.4, -0.2) is 42.2 Å². The summed E-state index contributed by atoms with van der Waals surface area (Å²) in [6, 6.07) is 7.42. The molecule has 1 N–H and O–H groups in total. The molecule has 170 valence electrons. The summed E-state index contributed by atoms with van der Waals surface area (Å²) < 4.78 is 10.5. The number of thioether (sulfide) groups is 1. The van der Waals surface area contributed by atoms with Gasteiger partial charge in [-0.25, -0.2) is 9.79 Å². The predicted octanol–water partition coefficient (Wildman–Crippen LogP) is 4.28. The van der Waals surface area contributed by atoms with Gasteiger partial charge >= 0.3 is 5.97 Å². The molecular formula is C24H29N3O4S. The number of methoxy groups -OCH3 is 2. The maximum absolute atomic E-state index is 12.9. The van der Waals surface area contributed by atoms with Crippen LogP contribution in [0.15, 0.2) is 51.6 Å². The Balaban J connectivity index is 1.64. The van der Waals surface area contributed by atoms with E-state index in [1.807, 2.05) is 41.5 Å². The van der Waals surface area contributed by atoms with Gasteiger partial charge in [0.1, 0.15) is 5.75 Å². The molecule has 1 fully saturated rings. The van der Waals surface area contributed by atoms with Crippen LogP contribution in [0.2, 0.25) is 0 Å². The summed E-state index contributed by atoms with van der Waals surface area (Å²) in [5.74, 6) is 0.266. The summed E-state index contributed by atoms with van der Waals surface area (Å²) >= 11 is 1.47. The van der Waals surface area contributed by atoms with Gasteiger partial charge in [-0.1, -0.05) is 43.2 Å².